The third kappa shape index (κ3) is 5.07. The standard InChI is InChI=1S/C50H30N2S2/c1-2-14-32(15-3-1)50-51-44(37-21-10-16-31-13-4-5-17-34(31)37)30-45(52-50)43-29-33(35-20-11-23-41-38-18-6-8-25-46(38)53-48(35)41)27-28-36(43)40-22-12-24-42-39-19-7-9-26-47(39)54-49(40)42/h1-30H. The zero-order valence-corrected chi connectivity index (χ0v) is 30.7. The second kappa shape index (κ2) is 12.6. The molecule has 8 aromatic carbocycles. The van der Waals surface area contributed by atoms with E-state index in [9.17, 15) is 0 Å². The van der Waals surface area contributed by atoms with Crippen molar-refractivity contribution in [3.05, 3.63) is 182 Å². The van der Waals surface area contributed by atoms with Crippen molar-refractivity contribution in [3.8, 4) is 56.2 Å². The maximum Gasteiger partial charge on any atom is 0.160 e. The predicted octanol–water partition coefficient (Wildman–Crippen LogP) is 14.7. The summed E-state index contributed by atoms with van der Waals surface area (Å²) in [6.07, 6.45) is 0. The van der Waals surface area contributed by atoms with E-state index in [4.69, 9.17) is 9.97 Å². The first-order valence-electron chi connectivity index (χ1n) is 18.2. The maximum absolute atomic E-state index is 5.42. The van der Waals surface area contributed by atoms with E-state index in [1.165, 1.54) is 67.8 Å². The van der Waals surface area contributed by atoms with Gasteiger partial charge in [-0.15, -0.1) is 22.7 Å². The summed E-state index contributed by atoms with van der Waals surface area (Å²) in [6, 6.07) is 65.5. The van der Waals surface area contributed by atoms with Crippen LogP contribution in [-0.4, -0.2) is 9.97 Å². The molecule has 252 valence electrons. The van der Waals surface area contributed by atoms with Crippen molar-refractivity contribution >= 4 is 73.8 Å². The molecule has 54 heavy (non-hydrogen) atoms. The number of rotatable bonds is 5. The molecule has 0 fully saturated rings. The molecule has 0 bridgehead atoms. The zero-order valence-electron chi connectivity index (χ0n) is 29.0. The van der Waals surface area contributed by atoms with Crippen LogP contribution in [0.4, 0.5) is 0 Å². The van der Waals surface area contributed by atoms with E-state index in [2.05, 4.69) is 176 Å². The summed E-state index contributed by atoms with van der Waals surface area (Å²) >= 11 is 3.73. The highest BCUT2D eigenvalue weighted by Crippen LogP contribution is 2.46. The summed E-state index contributed by atoms with van der Waals surface area (Å²) in [7, 11) is 0. The van der Waals surface area contributed by atoms with Gasteiger partial charge in [-0.2, -0.15) is 0 Å². The highest BCUT2D eigenvalue weighted by atomic mass is 32.1. The highest BCUT2D eigenvalue weighted by molar-refractivity contribution is 7.26. The smallest absolute Gasteiger partial charge is 0.160 e. The molecular formula is C50H30N2S2. The van der Waals surface area contributed by atoms with Gasteiger partial charge in [0.25, 0.3) is 0 Å². The van der Waals surface area contributed by atoms with Gasteiger partial charge in [-0.05, 0) is 51.7 Å². The lowest BCUT2D eigenvalue weighted by molar-refractivity contribution is 1.19. The molecule has 4 heteroatoms. The van der Waals surface area contributed by atoms with E-state index in [0.717, 1.165) is 33.6 Å². The van der Waals surface area contributed by atoms with Crippen LogP contribution in [0.5, 0.6) is 0 Å². The Labute approximate surface area is 320 Å². The highest BCUT2D eigenvalue weighted by Gasteiger charge is 2.20. The van der Waals surface area contributed by atoms with Gasteiger partial charge < -0.3 is 0 Å². The quantitative estimate of drug-likeness (QED) is 0.177. The lowest BCUT2D eigenvalue weighted by Crippen LogP contribution is -1.98. The van der Waals surface area contributed by atoms with Crippen LogP contribution in [0.2, 0.25) is 0 Å². The van der Waals surface area contributed by atoms with Crippen molar-refractivity contribution in [1.29, 1.82) is 0 Å². The van der Waals surface area contributed by atoms with Crippen LogP contribution in [-0.2, 0) is 0 Å². The second-order valence-corrected chi connectivity index (χ2v) is 15.8. The fourth-order valence-electron chi connectivity index (χ4n) is 7.98. The lowest BCUT2D eigenvalue weighted by Gasteiger charge is -2.16. The predicted molar refractivity (Wildman–Crippen MR) is 232 cm³/mol. The summed E-state index contributed by atoms with van der Waals surface area (Å²) in [4.78, 5) is 10.7. The molecule has 0 aliphatic carbocycles. The van der Waals surface area contributed by atoms with Crippen molar-refractivity contribution in [3.63, 3.8) is 0 Å². The number of fused-ring (bicyclic) bond motifs is 7. The Morgan fingerprint density at radius 2 is 0.852 bits per heavy atom. The van der Waals surface area contributed by atoms with E-state index in [1.54, 1.807) is 0 Å². The first-order chi connectivity index (χ1) is 26.8. The van der Waals surface area contributed by atoms with E-state index >= 15 is 0 Å². The monoisotopic (exact) mass is 722 g/mol. The van der Waals surface area contributed by atoms with Crippen LogP contribution < -0.4 is 0 Å². The van der Waals surface area contributed by atoms with Gasteiger partial charge in [0.15, 0.2) is 5.82 Å². The molecule has 0 amide bonds. The van der Waals surface area contributed by atoms with E-state index in [-0.39, 0.29) is 0 Å². The van der Waals surface area contributed by atoms with E-state index in [1.807, 2.05) is 28.7 Å². The number of aromatic nitrogens is 2. The third-order valence-corrected chi connectivity index (χ3v) is 13.0. The average Bonchev–Trinajstić information content (AvgIpc) is 3.82. The van der Waals surface area contributed by atoms with Gasteiger partial charge in [-0.1, -0.05) is 158 Å². The van der Waals surface area contributed by atoms with Gasteiger partial charge in [0, 0.05) is 62.6 Å². The molecule has 0 saturated heterocycles. The summed E-state index contributed by atoms with van der Waals surface area (Å²) in [5.41, 5.74) is 9.71. The van der Waals surface area contributed by atoms with Gasteiger partial charge in [-0.25, -0.2) is 9.97 Å². The maximum atomic E-state index is 5.42. The van der Waals surface area contributed by atoms with E-state index in [0.29, 0.717) is 5.82 Å². The van der Waals surface area contributed by atoms with Crippen LogP contribution in [0.15, 0.2) is 182 Å². The molecule has 0 aliphatic heterocycles. The van der Waals surface area contributed by atoms with Crippen LogP contribution in [0.1, 0.15) is 0 Å². The van der Waals surface area contributed by atoms with Crippen molar-refractivity contribution < 1.29 is 0 Å². The number of hydrogen-bond acceptors (Lipinski definition) is 4. The zero-order chi connectivity index (χ0) is 35.6. The second-order valence-electron chi connectivity index (χ2n) is 13.7. The molecule has 3 heterocycles. The van der Waals surface area contributed by atoms with Crippen LogP contribution in [0, 0.1) is 0 Å². The molecule has 0 N–H and O–H groups in total. The summed E-state index contributed by atoms with van der Waals surface area (Å²) in [6.45, 7) is 0. The van der Waals surface area contributed by atoms with Gasteiger partial charge in [0.1, 0.15) is 0 Å². The SMILES string of the molecule is c1ccc(-c2nc(-c3cc(-c4cccc5c4sc4ccccc45)ccc3-c3cccc4c3sc3ccccc34)cc(-c3cccc4ccccc34)n2)cc1. The van der Waals surface area contributed by atoms with Gasteiger partial charge in [0.05, 0.1) is 11.4 Å². The Morgan fingerprint density at radius 1 is 0.315 bits per heavy atom. The molecule has 11 aromatic rings. The fourth-order valence-corrected chi connectivity index (χ4v) is 10.4. The Kier molecular flexibility index (Phi) is 7.25. The molecule has 0 radical (unpaired) electrons. The first-order valence-corrected chi connectivity index (χ1v) is 19.8. The molecule has 0 atom stereocenters. The largest absolute Gasteiger partial charge is 0.228 e. The third-order valence-electron chi connectivity index (χ3n) is 10.5. The molecule has 11 rings (SSSR count). The number of hydrogen-bond donors (Lipinski definition) is 0. The first kappa shape index (κ1) is 31.1. The van der Waals surface area contributed by atoms with Gasteiger partial charge >= 0.3 is 0 Å². The lowest BCUT2D eigenvalue weighted by atomic mass is 9.91. The summed E-state index contributed by atoms with van der Waals surface area (Å²) in [5, 5.41) is 7.52. The minimum Gasteiger partial charge on any atom is -0.228 e. The molecule has 0 unspecified atom stereocenters. The van der Waals surface area contributed by atoms with Crippen molar-refractivity contribution in [2.45, 2.75) is 0 Å². The Balaban J connectivity index is 1.22. The van der Waals surface area contributed by atoms with Crippen molar-refractivity contribution in [2.24, 2.45) is 0 Å². The molecular weight excluding hydrogens is 693 g/mol. The minimum absolute atomic E-state index is 0.707. The van der Waals surface area contributed by atoms with Gasteiger partial charge in [0.2, 0.25) is 0 Å². The van der Waals surface area contributed by atoms with Crippen LogP contribution in [0.25, 0.3) is 107 Å². The Bertz CT molecular complexity index is 3220. The van der Waals surface area contributed by atoms with Crippen molar-refractivity contribution in [1.82, 2.24) is 9.97 Å². The molecule has 3 aromatic heterocycles. The van der Waals surface area contributed by atoms with Crippen LogP contribution in [0.3, 0.4) is 0 Å². The number of benzene rings is 8. The topological polar surface area (TPSA) is 25.8 Å². The van der Waals surface area contributed by atoms with Gasteiger partial charge in [-0.3, -0.25) is 0 Å². The molecule has 0 aliphatic rings. The van der Waals surface area contributed by atoms with E-state index < -0.39 is 0 Å². The fraction of sp³-hybridized carbons (Fsp3) is 0. The molecule has 0 saturated carbocycles. The van der Waals surface area contributed by atoms with Crippen molar-refractivity contribution in [2.75, 3.05) is 0 Å². The normalized spacial score (nSPS) is 11.7. The summed E-state index contributed by atoms with van der Waals surface area (Å²) < 4.78 is 5.18. The minimum atomic E-state index is 0.707. The molecule has 2 nitrogen and oxygen atoms in total. The van der Waals surface area contributed by atoms with Crippen LogP contribution >= 0.6 is 22.7 Å². The number of thiophene rings is 2. The Morgan fingerprint density at radius 3 is 1.59 bits per heavy atom. The summed E-state index contributed by atoms with van der Waals surface area (Å²) in [5.74, 6) is 0.707. The average molecular weight is 723 g/mol. The molecule has 0 spiro atoms. The number of nitrogens with zero attached hydrogens (tertiary/aromatic N) is 2. The Hall–Kier alpha value is -6.46.